The molecule has 2 aliphatic rings. The number of nitrogens with zero attached hydrogens (tertiary/aromatic N) is 2. The summed E-state index contributed by atoms with van der Waals surface area (Å²) in [5.41, 5.74) is 1.47. The quantitative estimate of drug-likeness (QED) is 0.314. The molecule has 2 heterocycles. The molecule has 0 saturated carbocycles. The maximum atomic E-state index is 13.2. The first kappa shape index (κ1) is 24.0. The lowest BCUT2D eigenvalue weighted by Gasteiger charge is -2.26. The van der Waals surface area contributed by atoms with Crippen molar-refractivity contribution in [2.45, 2.75) is 6.54 Å². The SMILES string of the molecule is COc1ccc(C=C2C(=O)NC(=O)N(c3cccc(Cl)c3)C2=O)cc1CN1C(=O)c2ccccc2C1=O. The van der Waals surface area contributed by atoms with Crippen LogP contribution in [0.2, 0.25) is 5.02 Å². The van der Waals surface area contributed by atoms with Crippen molar-refractivity contribution in [1.29, 1.82) is 0 Å². The highest BCUT2D eigenvalue weighted by Gasteiger charge is 2.37. The summed E-state index contributed by atoms with van der Waals surface area (Å²) in [5.74, 6) is -2.12. The molecule has 0 aliphatic carbocycles. The zero-order chi connectivity index (χ0) is 26.3. The van der Waals surface area contributed by atoms with Gasteiger partial charge in [-0.25, -0.2) is 9.69 Å². The zero-order valence-electron chi connectivity index (χ0n) is 19.4. The van der Waals surface area contributed by atoms with E-state index in [-0.39, 0.29) is 17.8 Å². The maximum Gasteiger partial charge on any atom is 0.335 e. The first-order valence-electron chi connectivity index (χ1n) is 11.1. The molecule has 1 fully saturated rings. The number of ether oxygens (including phenoxy) is 1. The van der Waals surface area contributed by atoms with Gasteiger partial charge in [-0.05, 0) is 54.1 Å². The highest BCUT2D eigenvalue weighted by atomic mass is 35.5. The van der Waals surface area contributed by atoms with Crippen LogP contribution in [-0.2, 0) is 16.1 Å². The van der Waals surface area contributed by atoms with E-state index in [1.54, 1.807) is 54.6 Å². The third kappa shape index (κ3) is 4.25. The summed E-state index contributed by atoms with van der Waals surface area (Å²) in [4.78, 5) is 65.8. The number of barbiturate groups is 1. The van der Waals surface area contributed by atoms with Gasteiger partial charge >= 0.3 is 6.03 Å². The number of methoxy groups -OCH3 is 1. The molecule has 37 heavy (non-hydrogen) atoms. The third-order valence-electron chi connectivity index (χ3n) is 5.99. The predicted molar refractivity (Wildman–Crippen MR) is 134 cm³/mol. The van der Waals surface area contributed by atoms with E-state index in [1.807, 2.05) is 0 Å². The van der Waals surface area contributed by atoms with Gasteiger partial charge in [0.05, 0.1) is 30.5 Å². The first-order valence-corrected chi connectivity index (χ1v) is 11.5. The summed E-state index contributed by atoms with van der Waals surface area (Å²) < 4.78 is 5.41. The summed E-state index contributed by atoms with van der Waals surface area (Å²) in [7, 11) is 1.45. The number of imide groups is 3. The minimum Gasteiger partial charge on any atom is -0.496 e. The van der Waals surface area contributed by atoms with Crippen LogP contribution >= 0.6 is 11.6 Å². The van der Waals surface area contributed by atoms with Crippen LogP contribution in [-0.4, -0.2) is 41.7 Å². The molecule has 3 aromatic carbocycles. The number of benzene rings is 3. The van der Waals surface area contributed by atoms with Gasteiger partial charge in [-0.2, -0.15) is 0 Å². The number of rotatable bonds is 5. The van der Waals surface area contributed by atoms with E-state index in [9.17, 15) is 24.0 Å². The lowest BCUT2D eigenvalue weighted by molar-refractivity contribution is -0.122. The van der Waals surface area contributed by atoms with Gasteiger partial charge in [-0.15, -0.1) is 0 Å². The van der Waals surface area contributed by atoms with Gasteiger partial charge < -0.3 is 4.74 Å². The number of nitrogens with one attached hydrogen (secondary N) is 1. The first-order chi connectivity index (χ1) is 17.8. The van der Waals surface area contributed by atoms with Crippen molar-refractivity contribution >= 4 is 53.0 Å². The molecule has 3 aromatic rings. The highest BCUT2D eigenvalue weighted by Crippen LogP contribution is 2.29. The van der Waals surface area contributed by atoms with Crippen LogP contribution in [0.25, 0.3) is 6.08 Å². The van der Waals surface area contributed by atoms with Crippen molar-refractivity contribution < 1.29 is 28.7 Å². The standard InChI is InChI=1S/C27H18ClN3O6/c1-37-22-10-9-15(11-16(22)14-30-24(33)19-7-2-3-8-20(19)25(30)34)12-21-23(32)29-27(36)31(26(21)35)18-6-4-5-17(28)13-18/h2-13H,14H2,1H3,(H,29,32,36). The number of urea groups is 1. The van der Waals surface area contributed by atoms with E-state index in [0.717, 1.165) is 9.80 Å². The molecule has 5 rings (SSSR count). The molecule has 1 N–H and O–H groups in total. The number of anilines is 1. The van der Waals surface area contributed by atoms with Crippen LogP contribution in [0.15, 0.2) is 72.3 Å². The number of hydrogen-bond acceptors (Lipinski definition) is 6. The number of hydrogen-bond donors (Lipinski definition) is 1. The summed E-state index contributed by atoms with van der Waals surface area (Å²) in [6.45, 7) is -0.0835. The van der Waals surface area contributed by atoms with E-state index >= 15 is 0 Å². The summed E-state index contributed by atoms with van der Waals surface area (Å²) in [6, 6.07) is 16.6. The Bertz CT molecular complexity index is 1510. The molecule has 0 unspecified atom stereocenters. The van der Waals surface area contributed by atoms with Gasteiger partial charge in [0, 0.05) is 10.6 Å². The van der Waals surface area contributed by atoms with Crippen LogP contribution in [0.5, 0.6) is 5.75 Å². The van der Waals surface area contributed by atoms with Crippen molar-refractivity contribution in [1.82, 2.24) is 10.2 Å². The lowest BCUT2D eigenvalue weighted by Crippen LogP contribution is -2.54. The molecule has 0 bridgehead atoms. The predicted octanol–water partition coefficient (Wildman–Crippen LogP) is 3.81. The van der Waals surface area contributed by atoms with Crippen molar-refractivity contribution in [2.24, 2.45) is 0 Å². The van der Waals surface area contributed by atoms with Crippen LogP contribution in [0, 0.1) is 0 Å². The van der Waals surface area contributed by atoms with E-state index in [4.69, 9.17) is 16.3 Å². The second-order valence-electron chi connectivity index (χ2n) is 8.25. The zero-order valence-corrected chi connectivity index (χ0v) is 20.1. The minimum absolute atomic E-state index is 0.0835. The molecule has 6 amide bonds. The molecule has 184 valence electrons. The van der Waals surface area contributed by atoms with Crippen molar-refractivity contribution in [2.75, 3.05) is 12.0 Å². The van der Waals surface area contributed by atoms with E-state index in [1.165, 1.54) is 25.3 Å². The average molecular weight is 516 g/mol. The maximum absolute atomic E-state index is 13.2. The Balaban J connectivity index is 1.48. The molecule has 0 aromatic heterocycles. The Labute approximate surface area is 215 Å². The number of fused-ring (bicyclic) bond motifs is 1. The Morgan fingerprint density at radius 3 is 2.22 bits per heavy atom. The van der Waals surface area contributed by atoms with Gasteiger partial charge in [-0.1, -0.05) is 35.9 Å². The minimum atomic E-state index is -0.893. The smallest absolute Gasteiger partial charge is 0.335 e. The van der Waals surface area contributed by atoms with Gasteiger partial charge in [0.25, 0.3) is 23.6 Å². The third-order valence-corrected chi connectivity index (χ3v) is 6.23. The molecule has 10 heteroatoms. The van der Waals surface area contributed by atoms with Crippen molar-refractivity contribution in [3.63, 3.8) is 0 Å². The number of carbonyl (C=O) groups excluding carboxylic acids is 5. The van der Waals surface area contributed by atoms with Gasteiger partial charge in [0.1, 0.15) is 11.3 Å². The Morgan fingerprint density at radius 1 is 0.865 bits per heavy atom. The van der Waals surface area contributed by atoms with Crippen molar-refractivity contribution in [3.05, 3.63) is 99.6 Å². The number of carbonyl (C=O) groups is 5. The Hall–Kier alpha value is -4.76. The average Bonchev–Trinajstić information content (AvgIpc) is 3.11. The van der Waals surface area contributed by atoms with Gasteiger partial charge in [-0.3, -0.25) is 29.4 Å². The Morgan fingerprint density at radius 2 is 1.57 bits per heavy atom. The second kappa shape index (κ2) is 9.36. The topological polar surface area (TPSA) is 113 Å². The number of amides is 6. The highest BCUT2D eigenvalue weighted by molar-refractivity contribution is 6.39. The van der Waals surface area contributed by atoms with Crippen molar-refractivity contribution in [3.8, 4) is 5.75 Å². The molecular weight excluding hydrogens is 498 g/mol. The second-order valence-corrected chi connectivity index (χ2v) is 8.69. The molecule has 1 saturated heterocycles. The largest absolute Gasteiger partial charge is 0.496 e. The molecule has 0 radical (unpaired) electrons. The molecule has 0 atom stereocenters. The molecule has 2 aliphatic heterocycles. The van der Waals surface area contributed by atoms with Gasteiger partial charge in [0.2, 0.25) is 0 Å². The van der Waals surface area contributed by atoms with E-state index < -0.39 is 29.7 Å². The van der Waals surface area contributed by atoms with Crippen LogP contribution in [0.1, 0.15) is 31.8 Å². The molecule has 9 nitrogen and oxygen atoms in total. The van der Waals surface area contributed by atoms with E-state index in [2.05, 4.69) is 5.32 Å². The summed E-state index contributed by atoms with van der Waals surface area (Å²) >= 11 is 6.01. The summed E-state index contributed by atoms with van der Waals surface area (Å²) in [5, 5.41) is 2.47. The fourth-order valence-electron chi connectivity index (χ4n) is 4.24. The van der Waals surface area contributed by atoms with Crippen LogP contribution in [0.4, 0.5) is 10.5 Å². The monoisotopic (exact) mass is 515 g/mol. The van der Waals surface area contributed by atoms with Crippen LogP contribution in [0.3, 0.4) is 0 Å². The summed E-state index contributed by atoms with van der Waals surface area (Å²) in [6.07, 6.45) is 1.33. The van der Waals surface area contributed by atoms with Crippen LogP contribution < -0.4 is 15.0 Å². The Kier molecular flexibility index (Phi) is 6.06. The fraction of sp³-hybridized carbons (Fsp3) is 0.0741. The molecule has 0 spiro atoms. The van der Waals surface area contributed by atoms with Gasteiger partial charge in [0.15, 0.2) is 0 Å². The normalized spacial score (nSPS) is 16.4. The number of halogens is 1. The molecular formula is C27H18ClN3O6. The fourth-order valence-corrected chi connectivity index (χ4v) is 4.42. The van der Waals surface area contributed by atoms with E-state index in [0.29, 0.717) is 33.0 Å². The lowest BCUT2D eigenvalue weighted by atomic mass is 10.0.